The van der Waals surface area contributed by atoms with Gasteiger partial charge < -0.3 is 9.13 Å². The number of benzene rings is 6. The highest BCUT2D eigenvalue weighted by Crippen LogP contribution is 2.39. The second-order valence-corrected chi connectivity index (χ2v) is 11.4. The van der Waals surface area contributed by atoms with E-state index in [1.807, 2.05) is 0 Å². The second-order valence-electron chi connectivity index (χ2n) is 11.4. The molecule has 0 spiro atoms. The second kappa shape index (κ2) is 9.47. The Bertz CT molecular complexity index is 2410. The smallest absolute Gasteiger partial charge is 0.0541 e. The van der Waals surface area contributed by atoms with Crippen molar-refractivity contribution < 1.29 is 0 Å². The topological polar surface area (TPSA) is 9.86 Å². The fourth-order valence-corrected chi connectivity index (χ4v) is 6.95. The maximum absolute atomic E-state index is 2.43. The summed E-state index contributed by atoms with van der Waals surface area (Å²) < 4.78 is 4.83. The Kier molecular flexibility index (Phi) is 5.30. The highest BCUT2D eigenvalue weighted by molar-refractivity contribution is 6.13. The lowest BCUT2D eigenvalue weighted by Crippen LogP contribution is -1.94. The van der Waals surface area contributed by atoms with Gasteiger partial charge in [0.2, 0.25) is 0 Å². The van der Waals surface area contributed by atoms with Gasteiger partial charge in [0, 0.05) is 39.4 Å². The molecule has 2 nitrogen and oxygen atoms in total. The Balaban J connectivity index is 1.22. The molecule has 43 heavy (non-hydrogen) atoms. The summed E-state index contributed by atoms with van der Waals surface area (Å²) in [6, 6.07) is 50.9. The van der Waals surface area contributed by atoms with Gasteiger partial charge in [0.15, 0.2) is 0 Å². The molecule has 0 radical (unpaired) electrons. The van der Waals surface area contributed by atoms with Crippen LogP contribution in [0.25, 0.3) is 77.2 Å². The van der Waals surface area contributed by atoms with E-state index in [4.69, 9.17) is 0 Å². The van der Waals surface area contributed by atoms with Gasteiger partial charge in [-0.1, -0.05) is 103 Å². The van der Waals surface area contributed by atoms with Crippen LogP contribution in [-0.4, -0.2) is 9.13 Å². The molecular formula is C41H28N2. The van der Waals surface area contributed by atoms with E-state index >= 15 is 0 Å². The van der Waals surface area contributed by atoms with Crippen LogP contribution in [0.15, 0.2) is 158 Å². The minimum absolute atomic E-state index is 0.963. The largest absolute Gasteiger partial charge is 0.313 e. The van der Waals surface area contributed by atoms with Crippen LogP contribution in [0.3, 0.4) is 0 Å². The van der Waals surface area contributed by atoms with Crippen molar-refractivity contribution in [2.75, 3.05) is 0 Å². The number of aromatic nitrogens is 2. The molecule has 0 unspecified atom stereocenters. The molecule has 0 saturated carbocycles. The molecule has 0 fully saturated rings. The monoisotopic (exact) mass is 548 g/mol. The molecule has 9 rings (SSSR count). The highest BCUT2D eigenvalue weighted by Gasteiger charge is 2.17. The van der Waals surface area contributed by atoms with Gasteiger partial charge >= 0.3 is 0 Å². The van der Waals surface area contributed by atoms with E-state index in [0.717, 1.165) is 6.42 Å². The van der Waals surface area contributed by atoms with E-state index in [1.165, 1.54) is 77.2 Å². The first-order valence-corrected chi connectivity index (χ1v) is 14.9. The molecule has 8 aromatic rings. The van der Waals surface area contributed by atoms with Crippen molar-refractivity contribution in [3.63, 3.8) is 0 Å². The Morgan fingerprint density at radius 2 is 0.953 bits per heavy atom. The third kappa shape index (κ3) is 3.73. The fraction of sp³-hybridized carbons (Fsp3) is 0.0244. The van der Waals surface area contributed by atoms with E-state index in [1.54, 1.807) is 0 Å². The first-order chi connectivity index (χ1) is 21.3. The Morgan fingerprint density at radius 3 is 1.63 bits per heavy atom. The van der Waals surface area contributed by atoms with Crippen LogP contribution in [-0.2, 0) is 0 Å². The zero-order chi connectivity index (χ0) is 28.3. The van der Waals surface area contributed by atoms with E-state index in [-0.39, 0.29) is 0 Å². The summed E-state index contributed by atoms with van der Waals surface area (Å²) in [6.07, 6.45) is 7.59. The van der Waals surface area contributed by atoms with Gasteiger partial charge in [0.05, 0.1) is 22.1 Å². The van der Waals surface area contributed by atoms with Gasteiger partial charge in [-0.2, -0.15) is 0 Å². The van der Waals surface area contributed by atoms with E-state index in [9.17, 15) is 0 Å². The number of hydrogen-bond donors (Lipinski definition) is 0. The Morgan fingerprint density at radius 1 is 0.395 bits per heavy atom. The fourth-order valence-electron chi connectivity index (χ4n) is 6.95. The molecule has 1 aliphatic rings. The predicted octanol–water partition coefficient (Wildman–Crippen LogP) is 11.0. The number of rotatable bonds is 4. The normalized spacial score (nSPS) is 13.1. The lowest BCUT2D eigenvalue weighted by atomic mass is 10.0. The summed E-state index contributed by atoms with van der Waals surface area (Å²) in [5.74, 6) is 0. The Labute approximate surface area is 250 Å². The zero-order valence-electron chi connectivity index (χ0n) is 23.6. The molecule has 6 aromatic carbocycles. The molecule has 0 bridgehead atoms. The van der Waals surface area contributed by atoms with Crippen LogP contribution in [0.1, 0.15) is 6.42 Å². The van der Waals surface area contributed by atoms with Crippen molar-refractivity contribution >= 4 is 49.3 Å². The van der Waals surface area contributed by atoms with Crippen molar-refractivity contribution in [1.82, 2.24) is 9.13 Å². The van der Waals surface area contributed by atoms with E-state index in [0.29, 0.717) is 0 Å². The van der Waals surface area contributed by atoms with Crippen LogP contribution in [0.5, 0.6) is 0 Å². The summed E-state index contributed by atoms with van der Waals surface area (Å²) in [6.45, 7) is 0. The molecule has 2 heteroatoms. The van der Waals surface area contributed by atoms with E-state index in [2.05, 4.69) is 167 Å². The third-order valence-electron chi connectivity index (χ3n) is 8.93. The van der Waals surface area contributed by atoms with E-state index < -0.39 is 0 Å². The molecule has 2 heterocycles. The molecule has 0 N–H and O–H groups in total. The molecule has 0 aliphatic heterocycles. The zero-order valence-corrected chi connectivity index (χ0v) is 23.6. The minimum atomic E-state index is 0.963. The predicted molar refractivity (Wildman–Crippen MR) is 183 cm³/mol. The molecule has 2 aromatic heterocycles. The lowest BCUT2D eigenvalue weighted by molar-refractivity contribution is 1.16. The molecular weight excluding hydrogens is 520 g/mol. The van der Waals surface area contributed by atoms with Gasteiger partial charge in [-0.15, -0.1) is 0 Å². The first-order valence-electron chi connectivity index (χ1n) is 14.9. The minimum Gasteiger partial charge on any atom is -0.313 e. The van der Waals surface area contributed by atoms with Gasteiger partial charge in [0.1, 0.15) is 0 Å². The number of para-hydroxylation sites is 2. The van der Waals surface area contributed by atoms with Gasteiger partial charge in [0.25, 0.3) is 0 Å². The Hall–Kier alpha value is -5.60. The maximum atomic E-state index is 2.43. The van der Waals surface area contributed by atoms with Crippen molar-refractivity contribution in [2.45, 2.75) is 6.42 Å². The third-order valence-corrected chi connectivity index (χ3v) is 8.93. The SMILES string of the molecule is C1=CCC(n2c3ccccc3c3cc(-c4ccc5c(c4)c4ccccc4n5-c4cccc(-c5ccccc5)c4)ccc32)=C1. The first kappa shape index (κ1) is 24.0. The molecule has 1 aliphatic carbocycles. The van der Waals surface area contributed by atoms with Crippen molar-refractivity contribution in [3.8, 4) is 27.9 Å². The van der Waals surface area contributed by atoms with Crippen LogP contribution >= 0.6 is 0 Å². The number of allylic oxidation sites excluding steroid dienone is 4. The summed E-state index contributed by atoms with van der Waals surface area (Å²) in [5, 5.41) is 5.12. The molecule has 202 valence electrons. The number of fused-ring (bicyclic) bond motifs is 6. The molecule has 0 atom stereocenters. The number of hydrogen-bond acceptors (Lipinski definition) is 0. The van der Waals surface area contributed by atoms with Crippen LogP contribution in [0, 0.1) is 0 Å². The van der Waals surface area contributed by atoms with Crippen molar-refractivity contribution in [3.05, 3.63) is 158 Å². The summed E-state index contributed by atoms with van der Waals surface area (Å²) in [4.78, 5) is 0. The van der Waals surface area contributed by atoms with Gasteiger partial charge in [-0.3, -0.25) is 0 Å². The van der Waals surface area contributed by atoms with Crippen molar-refractivity contribution in [2.24, 2.45) is 0 Å². The standard InChI is InChI=1S/C41H28N2/c1-2-11-28(12-3-1)29-13-10-16-33(25-29)43-39-20-9-7-18-35(39)37-27-31(22-24-41(37)43)30-21-23-40-36(26-30)34-17-6-8-19-38(34)42(40)32-14-4-5-15-32/h1-14,16-27H,15H2. The molecule has 0 amide bonds. The van der Waals surface area contributed by atoms with Crippen LogP contribution < -0.4 is 0 Å². The lowest BCUT2D eigenvalue weighted by Gasteiger charge is -2.11. The highest BCUT2D eigenvalue weighted by atomic mass is 15.0. The average Bonchev–Trinajstić information content (AvgIpc) is 3.80. The molecule has 0 saturated heterocycles. The van der Waals surface area contributed by atoms with Crippen molar-refractivity contribution in [1.29, 1.82) is 0 Å². The quantitative estimate of drug-likeness (QED) is 0.207. The van der Waals surface area contributed by atoms with Gasteiger partial charge in [-0.05, 0) is 76.9 Å². The number of nitrogens with zero attached hydrogens (tertiary/aromatic N) is 2. The van der Waals surface area contributed by atoms with Gasteiger partial charge in [-0.25, -0.2) is 0 Å². The summed E-state index contributed by atoms with van der Waals surface area (Å²) in [5.41, 5.74) is 12.4. The summed E-state index contributed by atoms with van der Waals surface area (Å²) in [7, 11) is 0. The average molecular weight is 549 g/mol. The summed E-state index contributed by atoms with van der Waals surface area (Å²) >= 11 is 0. The maximum Gasteiger partial charge on any atom is 0.0541 e. The van der Waals surface area contributed by atoms with Crippen LogP contribution in [0.2, 0.25) is 0 Å². The van der Waals surface area contributed by atoms with Crippen LogP contribution in [0.4, 0.5) is 0 Å².